The van der Waals surface area contributed by atoms with Gasteiger partial charge in [-0.3, -0.25) is 19.7 Å². The molecule has 0 aromatic heterocycles. The summed E-state index contributed by atoms with van der Waals surface area (Å²) in [5.74, 6) is -0.643. The standard InChI is InChI=1S/C24H22N4O6S/c29-20-11-8-18(22(30)12-20)13-25-27-24(32)21(15-35-14-16-4-2-1-3-5-16)26-23(31)17-6-9-19(10-7-17)28(33)34/h1-13,21,29-30H,14-15H2,(H,26,31)(H,27,32)/b25-13-/t21-/m1/s1. The fourth-order valence-electron chi connectivity index (χ4n) is 2.91. The molecule has 0 saturated heterocycles. The second-order valence-corrected chi connectivity index (χ2v) is 8.34. The van der Waals surface area contributed by atoms with Crippen molar-refractivity contribution < 1.29 is 24.7 Å². The normalized spacial score (nSPS) is 11.7. The molecule has 0 aliphatic rings. The number of hydrogen-bond acceptors (Lipinski definition) is 8. The Labute approximate surface area is 204 Å². The number of nitro benzene ring substituents is 1. The molecule has 0 radical (unpaired) electrons. The van der Waals surface area contributed by atoms with E-state index < -0.39 is 22.8 Å². The fraction of sp³-hybridized carbons (Fsp3) is 0.125. The van der Waals surface area contributed by atoms with E-state index in [2.05, 4.69) is 15.8 Å². The number of nitrogens with zero attached hydrogens (tertiary/aromatic N) is 2. The van der Waals surface area contributed by atoms with Crippen LogP contribution < -0.4 is 10.7 Å². The Kier molecular flexibility index (Phi) is 8.79. The van der Waals surface area contributed by atoms with Crippen LogP contribution in [0.25, 0.3) is 0 Å². The summed E-state index contributed by atoms with van der Waals surface area (Å²) in [6.45, 7) is 0. The smallest absolute Gasteiger partial charge is 0.269 e. The van der Waals surface area contributed by atoms with Gasteiger partial charge in [0.05, 0.1) is 11.1 Å². The van der Waals surface area contributed by atoms with Gasteiger partial charge in [-0.1, -0.05) is 30.3 Å². The molecular weight excluding hydrogens is 472 g/mol. The van der Waals surface area contributed by atoms with Gasteiger partial charge in [0.1, 0.15) is 17.5 Å². The highest BCUT2D eigenvalue weighted by molar-refractivity contribution is 7.98. The van der Waals surface area contributed by atoms with Crippen LogP contribution >= 0.6 is 11.8 Å². The number of carbonyl (C=O) groups excluding carboxylic acids is 2. The molecule has 1 atom stereocenters. The fourth-order valence-corrected chi connectivity index (χ4v) is 3.93. The average Bonchev–Trinajstić information content (AvgIpc) is 2.85. The van der Waals surface area contributed by atoms with E-state index >= 15 is 0 Å². The van der Waals surface area contributed by atoms with Crippen LogP contribution in [0.1, 0.15) is 21.5 Å². The molecule has 3 aromatic carbocycles. The first kappa shape index (κ1) is 25.2. The third-order valence-electron chi connectivity index (χ3n) is 4.75. The molecule has 0 unspecified atom stereocenters. The van der Waals surface area contributed by atoms with Crippen molar-refractivity contribution in [1.29, 1.82) is 0 Å². The predicted octanol–water partition coefficient (Wildman–Crippen LogP) is 3.19. The van der Waals surface area contributed by atoms with E-state index in [9.17, 15) is 29.9 Å². The van der Waals surface area contributed by atoms with Crippen molar-refractivity contribution >= 4 is 35.5 Å². The molecule has 4 N–H and O–H groups in total. The molecule has 0 spiro atoms. The number of benzene rings is 3. The van der Waals surface area contributed by atoms with Gasteiger partial charge in [-0.15, -0.1) is 0 Å². The van der Waals surface area contributed by atoms with Gasteiger partial charge in [-0.25, -0.2) is 5.43 Å². The number of carbonyl (C=O) groups is 2. The lowest BCUT2D eigenvalue weighted by Crippen LogP contribution is -2.47. The quantitative estimate of drug-likeness (QED) is 0.192. The lowest BCUT2D eigenvalue weighted by Gasteiger charge is -2.17. The summed E-state index contributed by atoms with van der Waals surface area (Å²) < 4.78 is 0. The topological polar surface area (TPSA) is 154 Å². The van der Waals surface area contributed by atoms with Crippen molar-refractivity contribution in [1.82, 2.24) is 10.7 Å². The SMILES string of the molecule is O=C(N[C@H](CSCc1ccccc1)C(=O)N/N=C\c1ccc(O)cc1O)c1ccc([N+](=O)[O-])cc1. The molecule has 3 aromatic rings. The zero-order valence-corrected chi connectivity index (χ0v) is 19.1. The first-order valence-electron chi connectivity index (χ1n) is 10.4. The Balaban J connectivity index is 1.67. The maximum Gasteiger partial charge on any atom is 0.269 e. The Hall–Kier alpha value is -4.38. The van der Waals surface area contributed by atoms with E-state index in [4.69, 9.17) is 0 Å². The number of amides is 2. The van der Waals surface area contributed by atoms with Gasteiger partial charge < -0.3 is 15.5 Å². The van der Waals surface area contributed by atoms with Crippen LogP contribution in [0.2, 0.25) is 0 Å². The minimum Gasteiger partial charge on any atom is -0.508 e. The minimum absolute atomic E-state index is 0.117. The van der Waals surface area contributed by atoms with Gasteiger partial charge >= 0.3 is 0 Å². The summed E-state index contributed by atoms with van der Waals surface area (Å²) in [6.07, 6.45) is 1.21. The average molecular weight is 495 g/mol. The summed E-state index contributed by atoms with van der Waals surface area (Å²) in [5, 5.41) is 36.5. The Morgan fingerprint density at radius 2 is 1.77 bits per heavy atom. The molecule has 10 nitrogen and oxygen atoms in total. The van der Waals surface area contributed by atoms with Crippen LogP contribution in [0, 0.1) is 10.1 Å². The first-order valence-corrected chi connectivity index (χ1v) is 11.5. The Morgan fingerprint density at radius 3 is 2.43 bits per heavy atom. The highest BCUT2D eigenvalue weighted by Crippen LogP contribution is 2.20. The molecule has 180 valence electrons. The van der Waals surface area contributed by atoms with Crippen molar-refractivity contribution in [3.05, 3.63) is 99.6 Å². The summed E-state index contributed by atoms with van der Waals surface area (Å²) in [7, 11) is 0. The molecule has 0 saturated carbocycles. The van der Waals surface area contributed by atoms with Gasteiger partial charge in [0.2, 0.25) is 0 Å². The van der Waals surface area contributed by atoms with Gasteiger partial charge in [0.25, 0.3) is 17.5 Å². The van der Waals surface area contributed by atoms with Crippen LogP contribution in [0.3, 0.4) is 0 Å². The number of thioether (sulfide) groups is 1. The Morgan fingerprint density at radius 1 is 1.06 bits per heavy atom. The van der Waals surface area contributed by atoms with Gasteiger partial charge in [0.15, 0.2) is 0 Å². The summed E-state index contributed by atoms with van der Waals surface area (Å²) in [6, 6.07) is 17.6. The third kappa shape index (κ3) is 7.57. The monoisotopic (exact) mass is 494 g/mol. The second kappa shape index (κ2) is 12.2. The van der Waals surface area contributed by atoms with Crippen LogP contribution in [0.15, 0.2) is 77.9 Å². The molecule has 2 amide bonds. The molecule has 0 fully saturated rings. The highest BCUT2D eigenvalue weighted by Gasteiger charge is 2.22. The number of hydrazone groups is 1. The van der Waals surface area contributed by atoms with Crippen LogP contribution in [0.4, 0.5) is 5.69 Å². The van der Waals surface area contributed by atoms with Crippen LogP contribution in [-0.2, 0) is 10.5 Å². The summed E-state index contributed by atoms with van der Waals surface area (Å²) in [5.41, 5.74) is 3.68. The summed E-state index contributed by atoms with van der Waals surface area (Å²) >= 11 is 1.44. The number of rotatable bonds is 10. The molecule has 0 aliphatic carbocycles. The zero-order valence-electron chi connectivity index (χ0n) is 18.3. The minimum atomic E-state index is -0.961. The van der Waals surface area contributed by atoms with E-state index in [0.717, 1.165) is 11.6 Å². The van der Waals surface area contributed by atoms with E-state index in [-0.39, 0.29) is 34.1 Å². The molecule has 3 rings (SSSR count). The molecule has 0 aliphatic heterocycles. The number of non-ortho nitro benzene ring substituents is 1. The van der Waals surface area contributed by atoms with E-state index in [1.165, 1.54) is 54.4 Å². The van der Waals surface area contributed by atoms with E-state index in [1.807, 2.05) is 30.3 Å². The van der Waals surface area contributed by atoms with E-state index in [1.54, 1.807) is 0 Å². The zero-order chi connectivity index (χ0) is 25.2. The van der Waals surface area contributed by atoms with Crippen molar-refractivity contribution in [2.75, 3.05) is 5.75 Å². The number of phenols is 2. The molecular formula is C24H22N4O6S. The number of nitro groups is 1. The van der Waals surface area contributed by atoms with Gasteiger partial charge in [-0.2, -0.15) is 16.9 Å². The molecule has 35 heavy (non-hydrogen) atoms. The molecule has 0 bridgehead atoms. The highest BCUT2D eigenvalue weighted by atomic mass is 32.2. The summed E-state index contributed by atoms with van der Waals surface area (Å²) in [4.78, 5) is 35.7. The molecule has 11 heteroatoms. The lowest BCUT2D eigenvalue weighted by atomic mass is 10.2. The van der Waals surface area contributed by atoms with Gasteiger partial charge in [-0.05, 0) is 29.8 Å². The number of phenolic OH excluding ortho intramolecular Hbond substituents is 2. The predicted molar refractivity (Wildman–Crippen MR) is 132 cm³/mol. The molecule has 0 heterocycles. The first-order chi connectivity index (χ1) is 16.8. The van der Waals surface area contributed by atoms with Crippen molar-refractivity contribution in [3.63, 3.8) is 0 Å². The maximum absolute atomic E-state index is 12.8. The second-order valence-electron chi connectivity index (χ2n) is 7.31. The number of aromatic hydroxyl groups is 2. The third-order valence-corrected chi connectivity index (χ3v) is 5.86. The van der Waals surface area contributed by atoms with Crippen molar-refractivity contribution in [2.45, 2.75) is 11.8 Å². The van der Waals surface area contributed by atoms with Gasteiger partial charge in [0, 0.05) is 40.8 Å². The Bertz CT molecular complexity index is 1220. The van der Waals surface area contributed by atoms with E-state index in [0.29, 0.717) is 5.75 Å². The maximum atomic E-state index is 12.8. The van der Waals surface area contributed by atoms with Crippen LogP contribution in [-0.4, -0.2) is 45.0 Å². The lowest BCUT2D eigenvalue weighted by molar-refractivity contribution is -0.384. The number of nitrogens with one attached hydrogen (secondary N) is 2. The van der Waals surface area contributed by atoms with Crippen molar-refractivity contribution in [3.8, 4) is 11.5 Å². The van der Waals surface area contributed by atoms with Crippen molar-refractivity contribution in [2.24, 2.45) is 5.10 Å². The number of hydrogen-bond donors (Lipinski definition) is 4. The van der Waals surface area contributed by atoms with Crippen LogP contribution in [0.5, 0.6) is 11.5 Å². The largest absolute Gasteiger partial charge is 0.508 e.